The average Bonchev–Trinajstić information content (AvgIpc) is 3.14. The highest BCUT2D eigenvalue weighted by molar-refractivity contribution is 7.14. The van der Waals surface area contributed by atoms with Gasteiger partial charge in [-0.3, -0.25) is 14.4 Å². The molecule has 0 bridgehead atoms. The molecule has 162 valence electrons. The highest BCUT2D eigenvalue weighted by Gasteiger charge is 2.19. The van der Waals surface area contributed by atoms with Gasteiger partial charge in [-0.2, -0.15) is 0 Å². The molecule has 0 unspecified atom stereocenters. The Morgan fingerprint density at radius 1 is 1.19 bits per heavy atom. The number of likely N-dealkylation sites (N-methyl/N-ethyl adjacent to an activating group) is 1. The average molecular weight is 442 g/mol. The highest BCUT2D eigenvalue weighted by atomic mass is 32.1. The number of nitrogens with one attached hydrogen (secondary N) is 2. The second-order valence-corrected chi connectivity index (χ2v) is 7.49. The number of amides is 2. The molecule has 0 radical (unpaired) electrons. The topological polar surface area (TPSA) is 105 Å². The molecule has 0 saturated heterocycles. The first-order valence-electron chi connectivity index (χ1n) is 9.10. The number of anilines is 1. The van der Waals surface area contributed by atoms with E-state index in [-0.39, 0.29) is 23.8 Å². The number of carbonyl (C=O) groups is 4. The smallest absolute Gasteiger partial charge is 0.353 e. The lowest BCUT2D eigenvalue weighted by atomic mass is 10.1. The van der Waals surface area contributed by atoms with Crippen LogP contribution in [0.5, 0.6) is 0 Å². The van der Waals surface area contributed by atoms with Gasteiger partial charge in [-0.15, -0.1) is 11.3 Å². The van der Waals surface area contributed by atoms with Crippen LogP contribution in [0, 0.1) is 0 Å². The van der Waals surface area contributed by atoms with Crippen molar-refractivity contribution < 1.29 is 23.9 Å². The summed E-state index contributed by atoms with van der Waals surface area (Å²) < 4.78 is 4.50. The summed E-state index contributed by atoms with van der Waals surface area (Å²) in [5.74, 6) is -1.52. The predicted octanol–water partition coefficient (Wildman–Crippen LogP) is 2.93. The van der Waals surface area contributed by atoms with Crippen LogP contribution in [0.2, 0.25) is 0 Å². The van der Waals surface area contributed by atoms with Gasteiger partial charge >= 0.3 is 5.97 Å². The minimum Gasteiger partial charge on any atom is -0.464 e. The monoisotopic (exact) mass is 441 g/mol. The van der Waals surface area contributed by atoms with Gasteiger partial charge in [0, 0.05) is 36.6 Å². The van der Waals surface area contributed by atoms with Gasteiger partial charge in [0.2, 0.25) is 5.91 Å². The zero-order chi connectivity index (χ0) is 23.1. The lowest BCUT2D eigenvalue weighted by Gasteiger charge is -2.21. The van der Waals surface area contributed by atoms with Gasteiger partial charge in [0.05, 0.1) is 12.8 Å². The number of aldehydes is 1. The first-order chi connectivity index (χ1) is 14.7. The number of methoxy groups -OCH3 is 1. The van der Waals surface area contributed by atoms with E-state index in [1.165, 1.54) is 25.4 Å². The van der Waals surface area contributed by atoms with E-state index in [1.807, 2.05) is 17.5 Å². The summed E-state index contributed by atoms with van der Waals surface area (Å²) in [6.45, 7) is 8.87. The molecular formula is C22H23N3O5S. The maximum Gasteiger partial charge on any atom is 0.353 e. The molecule has 0 aliphatic carbocycles. The molecule has 2 rings (SSSR count). The molecule has 0 aliphatic heterocycles. The molecule has 0 saturated carbocycles. The lowest BCUT2D eigenvalue weighted by molar-refractivity contribution is -0.137. The minimum absolute atomic E-state index is 0.0920. The number of nitrogens with zero attached hydrogens (tertiary/aromatic N) is 1. The molecule has 2 amide bonds. The summed E-state index contributed by atoms with van der Waals surface area (Å²) in [5, 5.41) is 6.87. The summed E-state index contributed by atoms with van der Waals surface area (Å²) >= 11 is 1.40. The molecule has 2 aromatic rings. The Morgan fingerprint density at radius 3 is 2.39 bits per heavy atom. The van der Waals surface area contributed by atoms with E-state index in [2.05, 4.69) is 28.5 Å². The van der Waals surface area contributed by atoms with Crippen LogP contribution < -0.4 is 10.6 Å². The number of hydrogen-bond donors (Lipinski definition) is 2. The Bertz CT molecular complexity index is 1040. The second-order valence-electron chi connectivity index (χ2n) is 6.61. The first-order valence-corrected chi connectivity index (χ1v) is 9.98. The molecule has 0 fully saturated rings. The standard InChI is InChI=1S/C22H23N3O5S/c1-13(22(29)30-5)23-21(28)14(2)25(4)10-17-12-31-20(19(17)11-26)16-6-8-18(9-7-16)24-15(3)27/h6-9,11-12H,1-2,10H2,3-5H3,(H,23,28)(H,24,27). The maximum atomic E-state index is 12.3. The Labute approximate surface area is 184 Å². The van der Waals surface area contributed by atoms with Crippen LogP contribution in [0.15, 0.2) is 54.2 Å². The summed E-state index contributed by atoms with van der Waals surface area (Å²) in [6.07, 6.45) is 0.776. The Hall–Kier alpha value is -3.72. The van der Waals surface area contributed by atoms with Crippen molar-refractivity contribution >= 4 is 41.1 Å². The van der Waals surface area contributed by atoms with Gasteiger partial charge in [-0.05, 0) is 28.6 Å². The van der Waals surface area contributed by atoms with Crippen molar-refractivity contribution in [3.05, 3.63) is 65.3 Å². The molecule has 1 heterocycles. The molecular weight excluding hydrogens is 418 g/mol. The SMILES string of the molecule is C=C(NC(=O)C(=C)N(C)Cc1csc(-c2ccc(NC(C)=O)cc2)c1C=O)C(=O)OC. The summed E-state index contributed by atoms with van der Waals surface area (Å²) in [6, 6.07) is 7.17. The van der Waals surface area contributed by atoms with Gasteiger partial charge in [0.25, 0.3) is 5.91 Å². The van der Waals surface area contributed by atoms with Crippen LogP contribution >= 0.6 is 11.3 Å². The van der Waals surface area contributed by atoms with Crippen LogP contribution in [-0.4, -0.2) is 43.1 Å². The zero-order valence-corrected chi connectivity index (χ0v) is 18.3. The van der Waals surface area contributed by atoms with Crippen molar-refractivity contribution in [1.82, 2.24) is 10.2 Å². The van der Waals surface area contributed by atoms with Gasteiger partial charge < -0.3 is 20.3 Å². The molecule has 0 aliphatic rings. The molecule has 9 heteroatoms. The van der Waals surface area contributed by atoms with Crippen LogP contribution in [0.4, 0.5) is 5.69 Å². The van der Waals surface area contributed by atoms with Gasteiger partial charge in [0.1, 0.15) is 5.70 Å². The molecule has 0 atom stereocenters. The maximum absolute atomic E-state index is 12.3. The van der Waals surface area contributed by atoms with Gasteiger partial charge in [-0.25, -0.2) is 4.79 Å². The molecule has 0 spiro atoms. The Morgan fingerprint density at radius 2 is 1.84 bits per heavy atom. The number of rotatable bonds is 9. The summed E-state index contributed by atoms with van der Waals surface area (Å²) in [5.41, 5.74) is 2.63. The highest BCUT2D eigenvalue weighted by Crippen LogP contribution is 2.33. The Balaban J connectivity index is 2.15. The first kappa shape index (κ1) is 23.6. The van der Waals surface area contributed by atoms with E-state index in [1.54, 1.807) is 24.1 Å². The van der Waals surface area contributed by atoms with E-state index in [0.717, 1.165) is 22.3 Å². The van der Waals surface area contributed by atoms with Crippen molar-refractivity contribution in [1.29, 1.82) is 0 Å². The number of carbonyl (C=O) groups excluding carboxylic acids is 4. The molecule has 1 aromatic carbocycles. The van der Waals surface area contributed by atoms with Crippen LogP contribution in [-0.2, 0) is 25.7 Å². The largest absolute Gasteiger partial charge is 0.464 e. The van der Waals surface area contributed by atoms with Crippen LogP contribution in [0.1, 0.15) is 22.8 Å². The molecule has 31 heavy (non-hydrogen) atoms. The fourth-order valence-electron chi connectivity index (χ4n) is 2.69. The number of hydrogen-bond acceptors (Lipinski definition) is 7. The zero-order valence-electron chi connectivity index (χ0n) is 17.5. The predicted molar refractivity (Wildman–Crippen MR) is 119 cm³/mol. The van der Waals surface area contributed by atoms with Crippen molar-refractivity contribution in [2.24, 2.45) is 0 Å². The molecule has 2 N–H and O–H groups in total. The quantitative estimate of drug-likeness (QED) is 0.352. The van der Waals surface area contributed by atoms with E-state index in [0.29, 0.717) is 11.3 Å². The van der Waals surface area contributed by atoms with E-state index < -0.39 is 11.9 Å². The minimum atomic E-state index is -0.751. The fraction of sp³-hybridized carbons (Fsp3) is 0.182. The van der Waals surface area contributed by atoms with Gasteiger partial charge in [-0.1, -0.05) is 25.3 Å². The van der Waals surface area contributed by atoms with Crippen molar-refractivity contribution in [3.8, 4) is 10.4 Å². The van der Waals surface area contributed by atoms with Gasteiger partial charge in [0.15, 0.2) is 6.29 Å². The second kappa shape index (κ2) is 10.4. The number of thiophene rings is 1. The third-order valence-corrected chi connectivity index (χ3v) is 5.42. The third kappa shape index (κ3) is 5.89. The summed E-state index contributed by atoms with van der Waals surface area (Å²) in [4.78, 5) is 49.0. The lowest BCUT2D eigenvalue weighted by Crippen LogP contribution is -2.34. The molecule has 1 aromatic heterocycles. The Kier molecular flexibility index (Phi) is 7.87. The van der Waals surface area contributed by atoms with E-state index in [9.17, 15) is 19.2 Å². The number of ether oxygens (including phenoxy) is 1. The van der Waals surface area contributed by atoms with Crippen molar-refractivity contribution in [2.75, 3.05) is 19.5 Å². The van der Waals surface area contributed by atoms with Crippen LogP contribution in [0.25, 0.3) is 10.4 Å². The van der Waals surface area contributed by atoms with Crippen molar-refractivity contribution in [2.45, 2.75) is 13.5 Å². The van der Waals surface area contributed by atoms with Crippen LogP contribution in [0.3, 0.4) is 0 Å². The number of benzene rings is 1. The number of esters is 1. The molecule has 8 nitrogen and oxygen atoms in total. The van der Waals surface area contributed by atoms with Crippen molar-refractivity contribution in [3.63, 3.8) is 0 Å². The fourth-order valence-corrected chi connectivity index (χ4v) is 3.73. The summed E-state index contributed by atoms with van der Waals surface area (Å²) in [7, 11) is 2.83. The normalized spacial score (nSPS) is 10.0. The van der Waals surface area contributed by atoms with E-state index >= 15 is 0 Å². The third-order valence-electron chi connectivity index (χ3n) is 4.32. The van der Waals surface area contributed by atoms with E-state index in [4.69, 9.17) is 0 Å².